The molecule has 0 radical (unpaired) electrons. The zero-order chi connectivity index (χ0) is 19.2. The second-order valence-electron chi connectivity index (χ2n) is 5.76. The largest absolute Gasteiger partial charge is 0.495 e. The van der Waals surface area contributed by atoms with Crippen LogP contribution < -0.4 is 10.1 Å². The molecule has 138 valence electrons. The number of nitrogens with zero attached hydrogens (tertiary/aromatic N) is 1. The molecule has 0 spiro atoms. The molecule has 1 unspecified atom stereocenters. The summed E-state index contributed by atoms with van der Waals surface area (Å²) in [5.41, 5.74) is 2.10. The predicted octanol–water partition coefficient (Wildman–Crippen LogP) is 3.27. The fraction of sp³-hybridized carbons (Fsp3) is 0.150. The van der Waals surface area contributed by atoms with Crippen molar-refractivity contribution in [1.82, 2.24) is 10.2 Å². The molecule has 1 aromatic heterocycles. The van der Waals surface area contributed by atoms with Crippen LogP contribution in [0.2, 0.25) is 0 Å². The monoisotopic (exact) mass is 365 g/mol. The molecule has 7 heteroatoms. The van der Waals surface area contributed by atoms with E-state index in [4.69, 9.17) is 9.47 Å². The SMILES string of the molecule is COc1ccccc1NC(=O)C(C)OC(=O)c1cn[nH]c1-c1ccccc1. The molecule has 0 saturated heterocycles. The van der Waals surface area contributed by atoms with Gasteiger partial charge in [-0.3, -0.25) is 9.89 Å². The maximum absolute atomic E-state index is 12.5. The fourth-order valence-electron chi connectivity index (χ4n) is 2.53. The fourth-order valence-corrected chi connectivity index (χ4v) is 2.53. The number of carbonyl (C=O) groups is 2. The molecule has 7 nitrogen and oxygen atoms in total. The van der Waals surface area contributed by atoms with Gasteiger partial charge in [-0.1, -0.05) is 42.5 Å². The van der Waals surface area contributed by atoms with Crippen LogP contribution in [0.25, 0.3) is 11.3 Å². The number of ether oxygens (including phenoxy) is 2. The number of hydrogen-bond acceptors (Lipinski definition) is 5. The van der Waals surface area contributed by atoms with Gasteiger partial charge >= 0.3 is 5.97 Å². The van der Waals surface area contributed by atoms with Crippen molar-refractivity contribution in [3.05, 3.63) is 66.4 Å². The molecule has 2 N–H and O–H groups in total. The Kier molecular flexibility index (Phi) is 5.51. The molecule has 0 bridgehead atoms. The quantitative estimate of drug-likeness (QED) is 0.654. The van der Waals surface area contributed by atoms with E-state index in [-0.39, 0.29) is 5.56 Å². The van der Waals surface area contributed by atoms with Crippen molar-refractivity contribution in [1.29, 1.82) is 0 Å². The number of aromatic amines is 1. The number of rotatable bonds is 6. The first-order valence-corrected chi connectivity index (χ1v) is 8.33. The molecule has 2 aromatic carbocycles. The highest BCUT2D eigenvalue weighted by Gasteiger charge is 2.23. The van der Waals surface area contributed by atoms with Crippen LogP contribution in [0.1, 0.15) is 17.3 Å². The number of aromatic nitrogens is 2. The molecule has 0 aliphatic rings. The molecular formula is C20H19N3O4. The average molecular weight is 365 g/mol. The van der Waals surface area contributed by atoms with E-state index >= 15 is 0 Å². The first kappa shape index (κ1) is 18.2. The minimum atomic E-state index is -0.999. The van der Waals surface area contributed by atoms with Gasteiger partial charge in [-0.05, 0) is 19.1 Å². The number of anilines is 1. The molecule has 0 aliphatic heterocycles. The summed E-state index contributed by atoms with van der Waals surface area (Å²) < 4.78 is 10.5. The van der Waals surface area contributed by atoms with Crippen molar-refractivity contribution in [2.75, 3.05) is 12.4 Å². The third kappa shape index (κ3) is 4.14. The van der Waals surface area contributed by atoms with Crippen molar-refractivity contribution in [2.45, 2.75) is 13.0 Å². The van der Waals surface area contributed by atoms with Gasteiger partial charge in [-0.2, -0.15) is 5.10 Å². The van der Waals surface area contributed by atoms with Crippen molar-refractivity contribution < 1.29 is 19.1 Å². The van der Waals surface area contributed by atoms with Gasteiger partial charge in [-0.25, -0.2) is 4.79 Å². The normalized spacial score (nSPS) is 11.5. The molecule has 3 rings (SSSR count). The number of H-pyrrole nitrogens is 1. The van der Waals surface area contributed by atoms with Crippen molar-refractivity contribution in [2.24, 2.45) is 0 Å². The van der Waals surface area contributed by atoms with E-state index in [1.54, 1.807) is 24.3 Å². The summed E-state index contributed by atoms with van der Waals surface area (Å²) in [5, 5.41) is 9.41. The topological polar surface area (TPSA) is 93.3 Å². The Labute approximate surface area is 156 Å². The van der Waals surface area contributed by atoms with Gasteiger partial charge in [0.2, 0.25) is 0 Å². The summed E-state index contributed by atoms with van der Waals surface area (Å²) in [4.78, 5) is 24.9. The molecule has 1 atom stereocenters. The summed E-state index contributed by atoms with van der Waals surface area (Å²) in [6.07, 6.45) is 0.385. The maximum atomic E-state index is 12.5. The average Bonchev–Trinajstić information content (AvgIpc) is 3.19. The predicted molar refractivity (Wildman–Crippen MR) is 101 cm³/mol. The number of benzene rings is 2. The van der Waals surface area contributed by atoms with E-state index in [0.29, 0.717) is 17.1 Å². The smallest absolute Gasteiger partial charge is 0.342 e. The van der Waals surface area contributed by atoms with Crippen LogP contribution in [-0.2, 0) is 9.53 Å². The summed E-state index contributed by atoms with van der Waals surface area (Å²) in [6.45, 7) is 1.50. The zero-order valence-electron chi connectivity index (χ0n) is 14.9. The Bertz CT molecular complexity index is 937. The van der Waals surface area contributed by atoms with E-state index in [2.05, 4.69) is 15.5 Å². The second-order valence-corrected chi connectivity index (χ2v) is 5.76. The Hall–Kier alpha value is -3.61. The number of methoxy groups -OCH3 is 1. The van der Waals surface area contributed by atoms with Crippen molar-refractivity contribution >= 4 is 17.6 Å². The molecule has 27 heavy (non-hydrogen) atoms. The Morgan fingerprint density at radius 1 is 1.07 bits per heavy atom. The molecule has 1 amide bonds. The Morgan fingerprint density at radius 3 is 2.52 bits per heavy atom. The highest BCUT2D eigenvalue weighted by molar-refractivity contribution is 6.00. The van der Waals surface area contributed by atoms with Crippen LogP contribution in [0.4, 0.5) is 5.69 Å². The van der Waals surface area contributed by atoms with Gasteiger partial charge in [-0.15, -0.1) is 0 Å². The van der Waals surface area contributed by atoms with E-state index in [0.717, 1.165) is 5.56 Å². The summed E-state index contributed by atoms with van der Waals surface area (Å²) in [6, 6.07) is 16.3. The lowest BCUT2D eigenvalue weighted by molar-refractivity contribution is -0.123. The summed E-state index contributed by atoms with van der Waals surface area (Å²) >= 11 is 0. The van der Waals surface area contributed by atoms with Crippen LogP contribution in [0, 0.1) is 0 Å². The maximum Gasteiger partial charge on any atom is 0.342 e. The minimum absolute atomic E-state index is 0.262. The summed E-state index contributed by atoms with van der Waals surface area (Å²) in [7, 11) is 1.51. The van der Waals surface area contributed by atoms with Crippen LogP contribution in [0.3, 0.4) is 0 Å². The lowest BCUT2D eigenvalue weighted by atomic mass is 10.1. The Morgan fingerprint density at radius 2 is 1.78 bits per heavy atom. The number of nitrogens with one attached hydrogen (secondary N) is 2. The number of esters is 1. The lowest BCUT2D eigenvalue weighted by Gasteiger charge is -2.15. The molecular weight excluding hydrogens is 346 g/mol. The summed E-state index contributed by atoms with van der Waals surface area (Å²) in [5.74, 6) is -0.575. The van der Waals surface area contributed by atoms with Crippen LogP contribution in [0.5, 0.6) is 5.75 Å². The third-order valence-corrected chi connectivity index (χ3v) is 3.94. The van der Waals surface area contributed by atoms with Crippen LogP contribution in [0.15, 0.2) is 60.8 Å². The lowest BCUT2D eigenvalue weighted by Crippen LogP contribution is -2.30. The molecule has 1 heterocycles. The third-order valence-electron chi connectivity index (χ3n) is 3.94. The first-order chi connectivity index (χ1) is 13.1. The van der Waals surface area contributed by atoms with Crippen LogP contribution in [-0.4, -0.2) is 35.3 Å². The van der Waals surface area contributed by atoms with Gasteiger partial charge in [0.05, 0.1) is 24.7 Å². The van der Waals surface area contributed by atoms with Crippen molar-refractivity contribution in [3.63, 3.8) is 0 Å². The Balaban J connectivity index is 1.69. The number of carbonyl (C=O) groups excluding carboxylic acids is 2. The number of para-hydroxylation sites is 2. The molecule has 3 aromatic rings. The van der Waals surface area contributed by atoms with E-state index < -0.39 is 18.0 Å². The van der Waals surface area contributed by atoms with Crippen molar-refractivity contribution in [3.8, 4) is 17.0 Å². The standard InChI is InChI=1S/C20H19N3O4/c1-13(19(24)22-16-10-6-7-11-17(16)26-2)27-20(25)15-12-21-23-18(15)14-8-4-3-5-9-14/h3-13H,1-2H3,(H,21,23)(H,22,24). The number of amides is 1. The minimum Gasteiger partial charge on any atom is -0.495 e. The van der Waals surface area contributed by atoms with Gasteiger partial charge < -0.3 is 14.8 Å². The second kappa shape index (κ2) is 8.18. The van der Waals surface area contributed by atoms with Gasteiger partial charge in [0.1, 0.15) is 11.3 Å². The zero-order valence-corrected chi connectivity index (χ0v) is 14.9. The van der Waals surface area contributed by atoms with Crippen LogP contribution >= 0.6 is 0 Å². The van der Waals surface area contributed by atoms with Gasteiger partial charge in [0.15, 0.2) is 6.10 Å². The van der Waals surface area contributed by atoms with E-state index in [9.17, 15) is 9.59 Å². The van der Waals surface area contributed by atoms with E-state index in [1.165, 1.54) is 20.2 Å². The highest BCUT2D eigenvalue weighted by Crippen LogP contribution is 2.24. The van der Waals surface area contributed by atoms with E-state index in [1.807, 2.05) is 30.3 Å². The molecule has 0 saturated carbocycles. The van der Waals surface area contributed by atoms with Gasteiger partial charge in [0.25, 0.3) is 5.91 Å². The highest BCUT2D eigenvalue weighted by atomic mass is 16.5. The first-order valence-electron chi connectivity index (χ1n) is 8.33. The number of hydrogen-bond donors (Lipinski definition) is 2. The molecule has 0 fully saturated rings. The molecule has 0 aliphatic carbocycles. The van der Waals surface area contributed by atoms with Gasteiger partial charge in [0, 0.05) is 5.56 Å².